The maximum Gasteiger partial charge on any atom is 0.315 e. The van der Waals surface area contributed by atoms with Gasteiger partial charge in [-0.15, -0.1) is 0 Å². The highest BCUT2D eigenvalue weighted by Gasteiger charge is 2.47. The minimum absolute atomic E-state index is 0.0225. The van der Waals surface area contributed by atoms with Crippen molar-refractivity contribution in [2.24, 2.45) is 16.3 Å². The number of allylic oxidation sites excluding steroid dienone is 2. The number of phenolic OH excluding ortho intramolecular Hbond substituents is 1. The number of aromatic hydroxyl groups is 1. The van der Waals surface area contributed by atoms with E-state index >= 15 is 0 Å². The Bertz CT molecular complexity index is 933. The van der Waals surface area contributed by atoms with Gasteiger partial charge in [0.05, 0.1) is 11.1 Å². The van der Waals surface area contributed by atoms with Gasteiger partial charge in [-0.1, -0.05) is 36.7 Å². The predicted octanol–water partition coefficient (Wildman–Crippen LogP) is 5.69. The predicted molar refractivity (Wildman–Crippen MR) is 119 cm³/mol. The van der Waals surface area contributed by atoms with Crippen molar-refractivity contribution in [2.45, 2.75) is 52.9 Å². The molecule has 1 aliphatic heterocycles. The number of nitrogens with zero attached hydrogens (tertiary/aromatic N) is 1. The summed E-state index contributed by atoms with van der Waals surface area (Å²) in [6, 6.07) is 3.50. The third-order valence-electron chi connectivity index (χ3n) is 5.47. The summed E-state index contributed by atoms with van der Waals surface area (Å²) in [6.07, 6.45) is 1.59. The van der Waals surface area contributed by atoms with Gasteiger partial charge < -0.3 is 9.84 Å². The fourth-order valence-electron chi connectivity index (χ4n) is 4.32. The lowest BCUT2D eigenvalue weighted by molar-refractivity contribution is -0.146. The van der Waals surface area contributed by atoms with E-state index in [9.17, 15) is 14.7 Å². The van der Waals surface area contributed by atoms with Gasteiger partial charge in [-0.2, -0.15) is 0 Å². The average Bonchev–Trinajstić information content (AvgIpc) is 2.62. The summed E-state index contributed by atoms with van der Waals surface area (Å²) >= 11 is 6.84. The van der Waals surface area contributed by atoms with E-state index in [0.29, 0.717) is 40.6 Å². The van der Waals surface area contributed by atoms with E-state index < -0.39 is 17.8 Å². The van der Waals surface area contributed by atoms with Crippen LogP contribution in [0.25, 0.3) is 0 Å². The highest BCUT2D eigenvalue weighted by atomic mass is 79.9. The molecule has 2 atom stereocenters. The first-order valence-corrected chi connectivity index (χ1v) is 11.4. The first-order chi connectivity index (χ1) is 13.6. The van der Waals surface area contributed by atoms with Crippen LogP contribution in [-0.4, -0.2) is 29.2 Å². The first-order valence-electron chi connectivity index (χ1n) is 9.77. The van der Waals surface area contributed by atoms with E-state index in [1.807, 2.05) is 6.92 Å². The number of benzene rings is 1. The standard InChI is InChI=1S/C22H25Br2NO4/c1-5-14-19(21(28)29-6-2)17(12-7-11(23)8-13(24)20(12)27)18-15(25-14)9-22(3,4)10-16(18)26/h7-8,17,19,27H,5-6,9-10H2,1-4H3/t17-,19?/m0/s1. The van der Waals surface area contributed by atoms with Gasteiger partial charge in [-0.05, 0) is 53.2 Å². The first kappa shape index (κ1) is 22.2. The van der Waals surface area contributed by atoms with E-state index in [-0.39, 0.29) is 23.6 Å². The van der Waals surface area contributed by atoms with Crippen molar-refractivity contribution in [2.75, 3.05) is 6.61 Å². The zero-order valence-corrected chi connectivity index (χ0v) is 20.2. The van der Waals surface area contributed by atoms with Crippen LogP contribution < -0.4 is 0 Å². The maximum absolute atomic E-state index is 13.2. The van der Waals surface area contributed by atoms with Gasteiger partial charge in [0.25, 0.3) is 0 Å². The molecule has 29 heavy (non-hydrogen) atoms. The molecule has 2 aliphatic rings. The minimum Gasteiger partial charge on any atom is -0.506 e. The molecule has 5 nitrogen and oxygen atoms in total. The molecular weight excluding hydrogens is 502 g/mol. The Hall–Kier alpha value is -1.47. The summed E-state index contributed by atoms with van der Waals surface area (Å²) in [5, 5.41) is 10.8. The Balaban J connectivity index is 2.29. The van der Waals surface area contributed by atoms with E-state index in [4.69, 9.17) is 9.73 Å². The average molecular weight is 527 g/mol. The number of esters is 1. The lowest BCUT2D eigenvalue weighted by atomic mass is 9.66. The molecule has 0 radical (unpaired) electrons. The van der Waals surface area contributed by atoms with Crippen molar-refractivity contribution >= 4 is 49.3 Å². The number of phenols is 1. The molecular formula is C22H25Br2NO4. The Labute approximate surface area is 187 Å². The summed E-state index contributed by atoms with van der Waals surface area (Å²) in [5.74, 6) is -1.79. The SMILES string of the molecule is CCOC(=O)C1C(CC)=NC2=C(C(=O)CC(C)(C)C2)[C@@H]1c1cc(Br)cc(Br)c1O. The molecule has 0 spiro atoms. The number of rotatable bonds is 4. The molecule has 1 aromatic carbocycles. The number of ketones is 1. The highest BCUT2D eigenvalue weighted by Crippen LogP contribution is 2.51. The highest BCUT2D eigenvalue weighted by molar-refractivity contribution is 9.11. The van der Waals surface area contributed by atoms with Gasteiger partial charge in [0.1, 0.15) is 11.7 Å². The Kier molecular flexibility index (Phi) is 6.39. The second kappa shape index (κ2) is 8.34. The quantitative estimate of drug-likeness (QED) is 0.511. The summed E-state index contributed by atoms with van der Waals surface area (Å²) < 4.78 is 6.60. The van der Waals surface area contributed by atoms with Crippen molar-refractivity contribution in [3.8, 4) is 5.75 Å². The monoisotopic (exact) mass is 525 g/mol. The number of carbonyl (C=O) groups excluding carboxylic acids is 2. The van der Waals surface area contributed by atoms with Crippen molar-refractivity contribution in [1.29, 1.82) is 0 Å². The molecule has 3 rings (SSSR count). The largest absolute Gasteiger partial charge is 0.506 e. The van der Waals surface area contributed by atoms with Crippen LogP contribution in [0.5, 0.6) is 5.75 Å². The lowest BCUT2D eigenvalue weighted by Crippen LogP contribution is -2.40. The number of hydrogen-bond donors (Lipinski definition) is 1. The van der Waals surface area contributed by atoms with E-state index in [1.165, 1.54) is 0 Å². The lowest BCUT2D eigenvalue weighted by Gasteiger charge is -2.39. The number of halogens is 2. The van der Waals surface area contributed by atoms with Crippen LogP contribution in [0.4, 0.5) is 0 Å². The van der Waals surface area contributed by atoms with Crippen LogP contribution in [0.3, 0.4) is 0 Å². The molecule has 0 bridgehead atoms. The van der Waals surface area contributed by atoms with Crippen LogP contribution >= 0.6 is 31.9 Å². The minimum atomic E-state index is -0.740. The van der Waals surface area contributed by atoms with Crippen LogP contribution in [0, 0.1) is 11.3 Å². The van der Waals surface area contributed by atoms with Crippen LogP contribution in [0.2, 0.25) is 0 Å². The van der Waals surface area contributed by atoms with Crippen molar-refractivity contribution in [3.63, 3.8) is 0 Å². The zero-order valence-electron chi connectivity index (χ0n) is 17.0. The van der Waals surface area contributed by atoms with E-state index in [0.717, 1.165) is 10.2 Å². The third kappa shape index (κ3) is 4.22. The van der Waals surface area contributed by atoms with Gasteiger partial charge in [0.15, 0.2) is 5.78 Å². The van der Waals surface area contributed by atoms with Gasteiger partial charge in [-0.3, -0.25) is 14.6 Å². The number of ether oxygens (including phenoxy) is 1. The second-order valence-corrected chi connectivity index (χ2v) is 10.1. The molecule has 0 fully saturated rings. The van der Waals surface area contributed by atoms with Gasteiger partial charge >= 0.3 is 5.97 Å². The normalized spacial score (nSPS) is 23.5. The third-order valence-corrected chi connectivity index (χ3v) is 6.54. The van der Waals surface area contributed by atoms with Crippen LogP contribution in [0.15, 0.2) is 37.3 Å². The van der Waals surface area contributed by atoms with Gasteiger partial charge in [-0.25, -0.2) is 0 Å². The second-order valence-electron chi connectivity index (χ2n) is 8.29. The molecule has 0 amide bonds. The Morgan fingerprint density at radius 1 is 1.28 bits per heavy atom. The molecule has 156 valence electrons. The van der Waals surface area contributed by atoms with Gasteiger partial charge in [0.2, 0.25) is 0 Å². The van der Waals surface area contributed by atoms with Crippen LogP contribution in [0.1, 0.15) is 58.4 Å². The summed E-state index contributed by atoms with van der Waals surface area (Å²) in [4.78, 5) is 31.0. The molecule has 0 aromatic heterocycles. The molecule has 7 heteroatoms. The fraction of sp³-hybridized carbons (Fsp3) is 0.500. The zero-order chi connectivity index (χ0) is 21.5. The molecule has 1 heterocycles. The summed E-state index contributed by atoms with van der Waals surface area (Å²) in [6.45, 7) is 8.04. The summed E-state index contributed by atoms with van der Waals surface area (Å²) in [5.41, 5.74) is 2.27. The maximum atomic E-state index is 13.2. The molecule has 1 aliphatic carbocycles. The van der Waals surface area contributed by atoms with E-state index in [1.54, 1.807) is 19.1 Å². The molecule has 0 saturated carbocycles. The molecule has 1 aromatic rings. The Morgan fingerprint density at radius 3 is 2.59 bits per heavy atom. The van der Waals surface area contributed by atoms with Crippen molar-refractivity contribution < 1.29 is 19.4 Å². The molecule has 1 N–H and O–H groups in total. The van der Waals surface area contributed by atoms with Gasteiger partial charge in [0, 0.05) is 39.4 Å². The number of aliphatic imine (C=N–C) groups is 1. The van der Waals surface area contributed by atoms with Crippen molar-refractivity contribution in [1.82, 2.24) is 0 Å². The number of Topliss-reactive ketones (excluding diaryl/α,β-unsaturated/α-hetero) is 1. The van der Waals surface area contributed by atoms with E-state index in [2.05, 4.69) is 45.7 Å². The topological polar surface area (TPSA) is 76.0 Å². The molecule has 1 unspecified atom stereocenters. The smallest absolute Gasteiger partial charge is 0.315 e. The fourth-order valence-corrected chi connectivity index (χ4v) is 5.58. The van der Waals surface area contributed by atoms with Crippen molar-refractivity contribution in [3.05, 3.63) is 37.9 Å². The van der Waals surface area contributed by atoms with Crippen LogP contribution in [-0.2, 0) is 14.3 Å². The number of carbonyl (C=O) groups is 2. The number of hydrogen-bond acceptors (Lipinski definition) is 5. The molecule has 0 saturated heterocycles. The Morgan fingerprint density at radius 2 is 1.97 bits per heavy atom. The summed E-state index contributed by atoms with van der Waals surface area (Å²) in [7, 11) is 0.